The van der Waals surface area contributed by atoms with Crippen LogP contribution in [0.4, 0.5) is 4.39 Å². The molecule has 0 spiro atoms. The Balaban J connectivity index is 1.54. The third-order valence-electron chi connectivity index (χ3n) is 5.73. The Bertz CT molecular complexity index is 1550. The largest absolute Gasteiger partial charge is 0.485 e. The van der Waals surface area contributed by atoms with Crippen LogP contribution in [0.3, 0.4) is 0 Å². The minimum Gasteiger partial charge on any atom is -0.485 e. The van der Waals surface area contributed by atoms with Crippen molar-refractivity contribution >= 4 is 5.65 Å². The third kappa shape index (κ3) is 3.96. The van der Waals surface area contributed by atoms with Crippen molar-refractivity contribution in [2.75, 3.05) is 0 Å². The van der Waals surface area contributed by atoms with E-state index in [4.69, 9.17) is 9.72 Å². The number of pyridine rings is 1. The molecule has 0 unspecified atom stereocenters. The second-order valence-electron chi connectivity index (χ2n) is 8.28. The molecule has 0 amide bonds. The predicted molar refractivity (Wildman–Crippen MR) is 129 cm³/mol. The Morgan fingerprint density at radius 2 is 1.71 bits per heavy atom. The first-order valence-electron chi connectivity index (χ1n) is 10.9. The standard InChI is InChI=1S/C27H23FN4O2/c1-17-6-8-20(9-7-17)16-34-24-5-4-14-31-26(24)29-19(3)25(27(31)33)23-15-18(2)32(30-23)22-12-10-21(28)11-13-22/h4-15H,16H2,1-3H3. The average molecular weight is 455 g/mol. The number of halogens is 1. The highest BCUT2D eigenvalue weighted by atomic mass is 19.1. The van der Waals surface area contributed by atoms with E-state index in [1.54, 1.807) is 36.0 Å². The van der Waals surface area contributed by atoms with Crippen LogP contribution in [0.15, 0.2) is 77.7 Å². The molecule has 0 aliphatic rings. The van der Waals surface area contributed by atoms with E-state index in [1.165, 1.54) is 22.1 Å². The second-order valence-corrected chi connectivity index (χ2v) is 8.28. The van der Waals surface area contributed by atoms with Gasteiger partial charge in [-0.1, -0.05) is 29.8 Å². The summed E-state index contributed by atoms with van der Waals surface area (Å²) in [5.74, 6) is 0.213. The van der Waals surface area contributed by atoms with Gasteiger partial charge in [-0.15, -0.1) is 0 Å². The van der Waals surface area contributed by atoms with Gasteiger partial charge in [-0.05, 0) is 68.8 Å². The van der Waals surface area contributed by atoms with Gasteiger partial charge in [0.25, 0.3) is 5.56 Å². The van der Waals surface area contributed by atoms with Crippen LogP contribution in [0.5, 0.6) is 5.75 Å². The van der Waals surface area contributed by atoms with Gasteiger partial charge in [0.15, 0.2) is 11.4 Å². The Morgan fingerprint density at radius 1 is 0.971 bits per heavy atom. The molecule has 5 aromatic rings. The Labute approximate surface area is 195 Å². The lowest BCUT2D eigenvalue weighted by Crippen LogP contribution is -2.19. The lowest BCUT2D eigenvalue weighted by molar-refractivity contribution is 0.308. The highest BCUT2D eigenvalue weighted by molar-refractivity contribution is 5.65. The average Bonchev–Trinajstić information content (AvgIpc) is 3.20. The summed E-state index contributed by atoms with van der Waals surface area (Å²) in [6.07, 6.45) is 1.68. The minimum atomic E-state index is -0.318. The zero-order valence-electron chi connectivity index (χ0n) is 19.1. The van der Waals surface area contributed by atoms with E-state index in [0.29, 0.717) is 40.6 Å². The predicted octanol–water partition coefficient (Wildman–Crippen LogP) is 5.19. The van der Waals surface area contributed by atoms with Crippen molar-refractivity contribution in [2.24, 2.45) is 0 Å². The first kappa shape index (κ1) is 21.6. The third-order valence-corrected chi connectivity index (χ3v) is 5.73. The molecular weight excluding hydrogens is 431 g/mol. The van der Waals surface area contributed by atoms with Crippen molar-refractivity contribution in [3.63, 3.8) is 0 Å². The first-order valence-corrected chi connectivity index (χ1v) is 10.9. The van der Waals surface area contributed by atoms with Gasteiger partial charge >= 0.3 is 0 Å². The molecule has 3 aromatic heterocycles. The molecule has 0 fully saturated rings. The van der Waals surface area contributed by atoms with E-state index in [-0.39, 0.29) is 11.4 Å². The second kappa shape index (κ2) is 8.59. The van der Waals surface area contributed by atoms with Crippen molar-refractivity contribution in [3.8, 4) is 22.7 Å². The molecule has 3 heterocycles. The lowest BCUT2D eigenvalue weighted by atomic mass is 10.1. The molecule has 0 radical (unpaired) electrons. The van der Waals surface area contributed by atoms with Gasteiger partial charge in [0, 0.05) is 11.9 Å². The molecule has 0 saturated heterocycles. The molecule has 0 aliphatic heterocycles. The van der Waals surface area contributed by atoms with Gasteiger partial charge < -0.3 is 4.74 Å². The van der Waals surface area contributed by atoms with Crippen LogP contribution in [0.25, 0.3) is 22.6 Å². The van der Waals surface area contributed by atoms with E-state index in [2.05, 4.69) is 5.10 Å². The zero-order chi connectivity index (χ0) is 23.8. The summed E-state index contributed by atoms with van der Waals surface area (Å²) < 4.78 is 22.5. The SMILES string of the molecule is Cc1ccc(COc2cccn3c(=O)c(-c4cc(C)n(-c5ccc(F)cc5)n4)c(C)nc23)cc1. The van der Waals surface area contributed by atoms with Crippen LogP contribution in [0, 0.1) is 26.6 Å². The molecule has 0 aliphatic carbocycles. The van der Waals surface area contributed by atoms with Gasteiger partial charge in [0.1, 0.15) is 18.1 Å². The maximum absolute atomic E-state index is 13.5. The number of nitrogens with zero attached hydrogens (tertiary/aromatic N) is 4. The number of aryl methyl sites for hydroxylation is 3. The number of hydrogen-bond donors (Lipinski definition) is 0. The fourth-order valence-corrected chi connectivity index (χ4v) is 3.94. The highest BCUT2D eigenvalue weighted by Crippen LogP contribution is 2.24. The number of fused-ring (bicyclic) bond motifs is 1. The molecule has 170 valence electrons. The minimum absolute atomic E-state index is 0.230. The van der Waals surface area contributed by atoms with Crippen LogP contribution in [0.1, 0.15) is 22.5 Å². The van der Waals surface area contributed by atoms with E-state index >= 15 is 0 Å². The fraction of sp³-hybridized carbons (Fsp3) is 0.148. The van der Waals surface area contributed by atoms with Gasteiger partial charge in [-0.25, -0.2) is 14.1 Å². The number of ether oxygens (including phenoxy) is 1. The molecule has 7 heteroatoms. The molecule has 34 heavy (non-hydrogen) atoms. The highest BCUT2D eigenvalue weighted by Gasteiger charge is 2.18. The summed E-state index contributed by atoms with van der Waals surface area (Å²) in [5, 5.41) is 4.62. The van der Waals surface area contributed by atoms with Crippen LogP contribution < -0.4 is 10.3 Å². The molecule has 0 atom stereocenters. The Morgan fingerprint density at radius 3 is 2.44 bits per heavy atom. The van der Waals surface area contributed by atoms with Crippen molar-refractivity contribution in [2.45, 2.75) is 27.4 Å². The maximum atomic E-state index is 13.5. The molecule has 0 N–H and O–H groups in total. The van der Waals surface area contributed by atoms with Crippen LogP contribution in [-0.4, -0.2) is 19.2 Å². The molecule has 0 bridgehead atoms. The monoisotopic (exact) mass is 454 g/mol. The van der Waals surface area contributed by atoms with Crippen LogP contribution in [0.2, 0.25) is 0 Å². The van der Waals surface area contributed by atoms with Crippen LogP contribution >= 0.6 is 0 Å². The summed E-state index contributed by atoms with van der Waals surface area (Å²) >= 11 is 0. The maximum Gasteiger partial charge on any atom is 0.267 e. The van der Waals surface area contributed by atoms with Gasteiger partial charge in [0.05, 0.1) is 16.9 Å². The summed E-state index contributed by atoms with van der Waals surface area (Å²) in [6.45, 7) is 6.09. The van der Waals surface area contributed by atoms with E-state index in [1.807, 2.05) is 50.2 Å². The van der Waals surface area contributed by atoms with Gasteiger partial charge in [-0.2, -0.15) is 5.10 Å². The smallest absolute Gasteiger partial charge is 0.267 e. The lowest BCUT2D eigenvalue weighted by Gasteiger charge is -2.12. The summed E-state index contributed by atoms with van der Waals surface area (Å²) in [6, 6.07) is 19.6. The Hall–Kier alpha value is -4.26. The summed E-state index contributed by atoms with van der Waals surface area (Å²) in [4.78, 5) is 18.2. The molecule has 5 rings (SSSR count). The topological polar surface area (TPSA) is 61.4 Å². The van der Waals surface area contributed by atoms with E-state index in [0.717, 1.165) is 11.3 Å². The van der Waals surface area contributed by atoms with E-state index in [9.17, 15) is 9.18 Å². The number of hydrogen-bond acceptors (Lipinski definition) is 4. The van der Waals surface area contributed by atoms with Crippen molar-refractivity contribution in [1.82, 2.24) is 19.2 Å². The molecule has 6 nitrogen and oxygen atoms in total. The summed E-state index contributed by atoms with van der Waals surface area (Å²) in [7, 11) is 0. The number of benzene rings is 2. The van der Waals surface area contributed by atoms with Crippen LogP contribution in [-0.2, 0) is 6.61 Å². The van der Waals surface area contributed by atoms with Crippen molar-refractivity contribution < 1.29 is 9.13 Å². The molecular formula is C27H23FN4O2. The number of rotatable bonds is 5. The fourth-order valence-electron chi connectivity index (χ4n) is 3.94. The normalized spacial score (nSPS) is 11.2. The zero-order valence-corrected chi connectivity index (χ0v) is 19.1. The number of aromatic nitrogens is 4. The summed E-state index contributed by atoms with van der Waals surface area (Å²) in [5.41, 5.74) is 5.45. The first-order chi connectivity index (χ1) is 16.4. The van der Waals surface area contributed by atoms with Crippen molar-refractivity contribution in [1.29, 1.82) is 0 Å². The molecule has 2 aromatic carbocycles. The van der Waals surface area contributed by atoms with Gasteiger partial charge in [0.2, 0.25) is 0 Å². The Kier molecular flexibility index (Phi) is 5.45. The van der Waals surface area contributed by atoms with Crippen molar-refractivity contribution in [3.05, 3.63) is 112 Å². The molecule has 0 saturated carbocycles. The quantitative estimate of drug-likeness (QED) is 0.367. The van der Waals surface area contributed by atoms with E-state index < -0.39 is 0 Å². The van der Waals surface area contributed by atoms with Gasteiger partial charge in [-0.3, -0.25) is 9.20 Å².